The first kappa shape index (κ1) is 15.6. The smallest absolute Gasteiger partial charge is 0.00966 e. The van der Waals surface area contributed by atoms with Crippen LogP contribution < -0.4 is 5.32 Å². The Morgan fingerprint density at radius 1 is 1.10 bits per heavy atom. The quantitative estimate of drug-likeness (QED) is 0.820. The van der Waals surface area contributed by atoms with Gasteiger partial charge in [-0.2, -0.15) is 0 Å². The second-order valence-electron chi connectivity index (χ2n) is 7.57. The lowest BCUT2D eigenvalue weighted by molar-refractivity contribution is 0.269. The predicted octanol–water partition coefficient (Wildman–Crippen LogP) is 4.97. The first-order valence-corrected chi connectivity index (χ1v) is 8.19. The molecule has 0 bridgehead atoms. The molecule has 1 aliphatic carbocycles. The molecule has 2 unspecified atom stereocenters. The van der Waals surface area contributed by atoms with Gasteiger partial charge in [-0.15, -0.1) is 0 Å². The molecule has 2 atom stereocenters. The molecule has 1 heteroatoms. The van der Waals surface area contributed by atoms with Crippen LogP contribution in [-0.2, 0) is 0 Å². The van der Waals surface area contributed by atoms with Gasteiger partial charge in [-0.1, -0.05) is 31.0 Å². The lowest BCUT2D eigenvalue weighted by Crippen LogP contribution is -2.41. The van der Waals surface area contributed by atoms with E-state index >= 15 is 0 Å². The molecule has 2 rings (SSSR count). The van der Waals surface area contributed by atoms with Crippen LogP contribution in [0, 0.1) is 19.8 Å². The van der Waals surface area contributed by atoms with E-state index in [1.54, 1.807) is 5.56 Å². The van der Waals surface area contributed by atoms with Crippen LogP contribution in [0.25, 0.3) is 0 Å². The zero-order chi connectivity index (χ0) is 14.8. The summed E-state index contributed by atoms with van der Waals surface area (Å²) in [6.07, 6.45) is 5.53. The van der Waals surface area contributed by atoms with Crippen LogP contribution in [-0.4, -0.2) is 12.1 Å². The molecule has 20 heavy (non-hydrogen) atoms. The Labute approximate surface area is 125 Å². The van der Waals surface area contributed by atoms with E-state index in [-0.39, 0.29) is 5.54 Å². The summed E-state index contributed by atoms with van der Waals surface area (Å²) < 4.78 is 0. The number of aryl methyl sites for hydroxylation is 1. The summed E-state index contributed by atoms with van der Waals surface area (Å²) in [6.45, 7) is 12.5. The minimum absolute atomic E-state index is 0.226. The van der Waals surface area contributed by atoms with E-state index in [9.17, 15) is 0 Å². The molecule has 0 heterocycles. The number of rotatable bonds is 3. The van der Waals surface area contributed by atoms with Gasteiger partial charge in [0.1, 0.15) is 0 Å². The van der Waals surface area contributed by atoms with Crippen molar-refractivity contribution in [3.63, 3.8) is 0 Å². The summed E-state index contributed by atoms with van der Waals surface area (Å²) in [4.78, 5) is 0. The molecule has 0 aromatic heterocycles. The Bertz CT molecular complexity index is 442. The van der Waals surface area contributed by atoms with E-state index in [0.29, 0.717) is 0 Å². The molecular weight excluding hydrogens is 242 g/mol. The number of nitrogens with one attached hydrogen (secondary N) is 1. The Morgan fingerprint density at radius 3 is 2.50 bits per heavy atom. The van der Waals surface area contributed by atoms with Gasteiger partial charge >= 0.3 is 0 Å². The van der Waals surface area contributed by atoms with Gasteiger partial charge in [0.05, 0.1) is 0 Å². The summed E-state index contributed by atoms with van der Waals surface area (Å²) in [5.74, 6) is 1.54. The van der Waals surface area contributed by atoms with E-state index in [1.165, 1.54) is 36.8 Å². The number of hydrogen-bond donors (Lipinski definition) is 1. The molecule has 0 spiro atoms. The molecule has 0 radical (unpaired) electrons. The fraction of sp³-hybridized carbons (Fsp3) is 0.684. The van der Waals surface area contributed by atoms with Crippen molar-refractivity contribution in [2.24, 2.45) is 5.92 Å². The molecule has 1 nitrogen and oxygen atoms in total. The second kappa shape index (κ2) is 6.30. The highest BCUT2D eigenvalue weighted by Gasteiger charge is 2.28. The fourth-order valence-electron chi connectivity index (χ4n) is 3.47. The normalized spacial score (nSPS) is 23.9. The van der Waals surface area contributed by atoms with Crippen molar-refractivity contribution in [1.29, 1.82) is 0 Å². The SMILES string of the molecule is Cc1cccc(C2CCCCC2CNC(C)(C)C)c1C. The summed E-state index contributed by atoms with van der Waals surface area (Å²) in [6, 6.07) is 6.84. The van der Waals surface area contributed by atoms with Crippen molar-refractivity contribution < 1.29 is 0 Å². The van der Waals surface area contributed by atoms with E-state index in [4.69, 9.17) is 0 Å². The van der Waals surface area contributed by atoms with Gasteiger partial charge in [0.15, 0.2) is 0 Å². The van der Waals surface area contributed by atoms with E-state index in [2.05, 4.69) is 58.1 Å². The summed E-state index contributed by atoms with van der Waals surface area (Å²) >= 11 is 0. The van der Waals surface area contributed by atoms with Gasteiger partial charge in [-0.3, -0.25) is 0 Å². The monoisotopic (exact) mass is 273 g/mol. The van der Waals surface area contributed by atoms with Crippen molar-refractivity contribution in [2.75, 3.05) is 6.54 Å². The predicted molar refractivity (Wildman–Crippen MR) is 88.4 cm³/mol. The maximum absolute atomic E-state index is 3.73. The minimum atomic E-state index is 0.226. The van der Waals surface area contributed by atoms with Crippen LogP contribution >= 0.6 is 0 Å². The fourth-order valence-corrected chi connectivity index (χ4v) is 3.47. The maximum Gasteiger partial charge on any atom is 0.00966 e. The third-order valence-corrected chi connectivity index (χ3v) is 4.85. The molecule has 0 amide bonds. The lowest BCUT2D eigenvalue weighted by atomic mass is 9.73. The summed E-state index contributed by atoms with van der Waals surface area (Å²) in [5, 5.41) is 3.73. The van der Waals surface area contributed by atoms with Gasteiger partial charge in [-0.25, -0.2) is 0 Å². The van der Waals surface area contributed by atoms with Crippen molar-refractivity contribution in [2.45, 2.75) is 71.8 Å². The van der Waals surface area contributed by atoms with Crippen molar-refractivity contribution in [1.82, 2.24) is 5.32 Å². The molecule has 112 valence electrons. The first-order chi connectivity index (χ1) is 9.38. The molecule has 0 saturated heterocycles. The van der Waals surface area contributed by atoms with Gasteiger partial charge in [0, 0.05) is 5.54 Å². The van der Waals surface area contributed by atoms with Gasteiger partial charge in [0.2, 0.25) is 0 Å². The van der Waals surface area contributed by atoms with Crippen LogP contribution in [0.5, 0.6) is 0 Å². The Balaban J connectivity index is 2.16. The first-order valence-electron chi connectivity index (χ1n) is 8.19. The third kappa shape index (κ3) is 3.85. The van der Waals surface area contributed by atoms with Crippen LogP contribution in [0.3, 0.4) is 0 Å². The van der Waals surface area contributed by atoms with Crippen LogP contribution in [0.2, 0.25) is 0 Å². The molecule has 1 aromatic rings. The Morgan fingerprint density at radius 2 is 1.80 bits per heavy atom. The Hall–Kier alpha value is -0.820. The highest BCUT2D eigenvalue weighted by Crippen LogP contribution is 2.39. The molecule has 1 aromatic carbocycles. The number of benzene rings is 1. The highest BCUT2D eigenvalue weighted by atomic mass is 14.9. The van der Waals surface area contributed by atoms with Crippen LogP contribution in [0.4, 0.5) is 0 Å². The van der Waals surface area contributed by atoms with Crippen molar-refractivity contribution >= 4 is 0 Å². The lowest BCUT2D eigenvalue weighted by Gasteiger charge is -2.35. The van der Waals surface area contributed by atoms with Gasteiger partial charge < -0.3 is 5.32 Å². The molecule has 0 aliphatic heterocycles. The highest BCUT2D eigenvalue weighted by molar-refractivity contribution is 5.36. The van der Waals surface area contributed by atoms with Gasteiger partial charge in [0.25, 0.3) is 0 Å². The van der Waals surface area contributed by atoms with Gasteiger partial charge in [-0.05, 0) is 82.5 Å². The maximum atomic E-state index is 3.73. The van der Waals surface area contributed by atoms with Crippen molar-refractivity contribution in [3.8, 4) is 0 Å². The van der Waals surface area contributed by atoms with Crippen LogP contribution in [0.1, 0.15) is 69.1 Å². The second-order valence-corrected chi connectivity index (χ2v) is 7.57. The molecule has 1 N–H and O–H groups in total. The largest absolute Gasteiger partial charge is 0.312 e. The zero-order valence-electron chi connectivity index (χ0n) is 13.9. The van der Waals surface area contributed by atoms with Crippen molar-refractivity contribution in [3.05, 3.63) is 34.9 Å². The average molecular weight is 273 g/mol. The van der Waals surface area contributed by atoms with Crippen LogP contribution in [0.15, 0.2) is 18.2 Å². The third-order valence-electron chi connectivity index (χ3n) is 4.85. The summed E-state index contributed by atoms with van der Waals surface area (Å²) in [5.41, 5.74) is 4.78. The minimum Gasteiger partial charge on any atom is -0.312 e. The van der Waals surface area contributed by atoms with E-state index in [0.717, 1.165) is 18.4 Å². The van der Waals surface area contributed by atoms with E-state index < -0.39 is 0 Å². The molecule has 1 saturated carbocycles. The van der Waals surface area contributed by atoms with E-state index in [1.807, 2.05) is 0 Å². The topological polar surface area (TPSA) is 12.0 Å². The Kier molecular flexibility index (Phi) is 4.90. The zero-order valence-corrected chi connectivity index (χ0v) is 13.9. The number of hydrogen-bond acceptors (Lipinski definition) is 1. The molecular formula is C19H31N. The average Bonchev–Trinajstić information content (AvgIpc) is 2.39. The molecule has 1 fully saturated rings. The standard InChI is InChI=1S/C19H31N/c1-14-9-8-12-17(15(14)2)18-11-7-6-10-16(18)13-20-19(3,4)5/h8-9,12,16,18,20H,6-7,10-11,13H2,1-5H3. The summed E-state index contributed by atoms with van der Waals surface area (Å²) in [7, 11) is 0. The molecule has 1 aliphatic rings.